The number of sulfonamides is 1. The Morgan fingerprint density at radius 2 is 2.10 bits per heavy atom. The second-order valence-electron chi connectivity index (χ2n) is 4.41. The van der Waals surface area contributed by atoms with Gasteiger partial charge in [-0.25, -0.2) is 17.9 Å². The maximum Gasteiger partial charge on any atom is 0.349 e. The molecule has 2 rings (SSSR count). The number of nitrogens with one attached hydrogen (secondary N) is 1. The van der Waals surface area contributed by atoms with Gasteiger partial charge in [0.2, 0.25) is 10.0 Å². The first kappa shape index (κ1) is 15.7. The van der Waals surface area contributed by atoms with Gasteiger partial charge in [0.1, 0.15) is 21.3 Å². The number of ether oxygens (including phenoxy) is 1. The molecule has 0 saturated carbocycles. The average molecular weight is 329 g/mol. The lowest BCUT2D eigenvalue weighted by atomic mass is 10.3. The highest BCUT2D eigenvalue weighted by Crippen LogP contribution is 2.27. The molecule has 0 radical (unpaired) electrons. The maximum absolute atomic E-state index is 12.4. The fourth-order valence-electron chi connectivity index (χ4n) is 1.82. The van der Waals surface area contributed by atoms with Crippen LogP contribution in [0.2, 0.25) is 0 Å². The number of carbonyl (C=O) groups is 1. The molecular weight excluding hydrogens is 314 g/mol. The van der Waals surface area contributed by atoms with Crippen LogP contribution in [-0.4, -0.2) is 21.5 Å². The van der Waals surface area contributed by atoms with Crippen LogP contribution >= 0.6 is 11.3 Å². The lowest BCUT2D eigenvalue weighted by molar-refractivity contribution is 0.0602. The second-order valence-corrected chi connectivity index (χ2v) is 6.99. The number of esters is 1. The minimum atomic E-state index is -3.82. The topological polar surface area (TPSA) is 85.6 Å². The molecule has 2 heterocycles. The van der Waals surface area contributed by atoms with E-state index in [1.807, 2.05) is 0 Å². The lowest BCUT2D eigenvalue weighted by Gasteiger charge is -2.07. The van der Waals surface area contributed by atoms with Crippen LogP contribution in [0.15, 0.2) is 26.8 Å². The molecule has 1 N–H and O–H groups in total. The Bertz CT molecular complexity index is 757. The van der Waals surface area contributed by atoms with Crippen molar-refractivity contribution in [3.63, 3.8) is 0 Å². The van der Waals surface area contributed by atoms with Crippen LogP contribution in [0.3, 0.4) is 0 Å². The van der Waals surface area contributed by atoms with Crippen molar-refractivity contribution in [3.05, 3.63) is 39.5 Å². The Morgan fingerprint density at radius 1 is 1.38 bits per heavy atom. The molecule has 0 amide bonds. The summed E-state index contributed by atoms with van der Waals surface area (Å²) >= 11 is 1.04. The maximum atomic E-state index is 12.4. The summed E-state index contributed by atoms with van der Waals surface area (Å²) in [5.74, 6) is 0.539. The Kier molecular flexibility index (Phi) is 4.50. The molecule has 0 aliphatic carbocycles. The third kappa shape index (κ3) is 3.34. The van der Waals surface area contributed by atoms with Crippen LogP contribution in [0, 0.1) is 13.8 Å². The smallest absolute Gasteiger partial charge is 0.349 e. The van der Waals surface area contributed by atoms with Gasteiger partial charge in [-0.3, -0.25) is 0 Å². The van der Waals surface area contributed by atoms with Crippen LogP contribution < -0.4 is 4.72 Å². The first-order chi connectivity index (χ1) is 9.85. The molecule has 0 fully saturated rings. The summed E-state index contributed by atoms with van der Waals surface area (Å²) in [5, 5.41) is 1.61. The van der Waals surface area contributed by atoms with E-state index < -0.39 is 16.0 Å². The lowest BCUT2D eigenvalue weighted by Crippen LogP contribution is -2.25. The SMILES string of the molecule is COC(=O)c1scc(C)c1S(=O)(=O)NCc1ccc(C)o1. The van der Waals surface area contributed by atoms with Crippen LogP contribution in [0.4, 0.5) is 0 Å². The van der Waals surface area contributed by atoms with E-state index in [-0.39, 0.29) is 16.3 Å². The predicted octanol–water partition coefficient (Wildman–Crippen LogP) is 2.22. The largest absolute Gasteiger partial charge is 0.465 e. The summed E-state index contributed by atoms with van der Waals surface area (Å²) in [6, 6.07) is 3.44. The fraction of sp³-hybridized carbons (Fsp3) is 0.308. The third-order valence-corrected chi connectivity index (χ3v) is 5.58. The first-order valence-corrected chi connectivity index (χ1v) is 8.43. The number of hydrogen-bond acceptors (Lipinski definition) is 6. The van der Waals surface area contributed by atoms with E-state index in [0.29, 0.717) is 17.1 Å². The molecule has 0 aliphatic heterocycles. The first-order valence-electron chi connectivity index (χ1n) is 6.06. The summed E-state index contributed by atoms with van der Waals surface area (Å²) < 4.78 is 37.1. The van der Waals surface area contributed by atoms with Gasteiger partial charge in [-0.2, -0.15) is 0 Å². The molecule has 2 aromatic rings. The van der Waals surface area contributed by atoms with Gasteiger partial charge in [0, 0.05) is 0 Å². The Morgan fingerprint density at radius 3 is 2.67 bits per heavy atom. The van der Waals surface area contributed by atoms with E-state index in [1.54, 1.807) is 31.4 Å². The molecule has 0 aromatic carbocycles. The molecule has 0 spiro atoms. The minimum absolute atomic E-state index is 0.0199. The van der Waals surface area contributed by atoms with Gasteiger partial charge in [0.05, 0.1) is 13.7 Å². The monoisotopic (exact) mass is 329 g/mol. The highest BCUT2D eigenvalue weighted by Gasteiger charge is 2.27. The van der Waals surface area contributed by atoms with Crippen molar-refractivity contribution >= 4 is 27.3 Å². The Labute approximate surface area is 126 Å². The van der Waals surface area contributed by atoms with E-state index in [4.69, 9.17) is 4.42 Å². The highest BCUT2D eigenvalue weighted by atomic mass is 32.2. The zero-order chi connectivity index (χ0) is 15.6. The van der Waals surface area contributed by atoms with Crippen molar-refractivity contribution in [3.8, 4) is 0 Å². The van der Waals surface area contributed by atoms with E-state index in [2.05, 4.69) is 9.46 Å². The third-order valence-electron chi connectivity index (χ3n) is 2.79. The van der Waals surface area contributed by atoms with Crippen LogP contribution in [0.25, 0.3) is 0 Å². The molecule has 21 heavy (non-hydrogen) atoms. The number of carbonyl (C=O) groups excluding carboxylic acids is 1. The fourth-order valence-corrected chi connectivity index (χ4v) is 4.51. The predicted molar refractivity (Wildman–Crippen MR) is 77.9 cm³/mol. The van der Waals surface area contributed by atoms with Gasteiger partial charge >= 0.3 is 5.97 Å². The molecule has 0 aliphatic rings. The van der Waals surface area contributed by atoms with E-state index >= 15 is 0 Å². The summed E-state index contributed by atoms with van der Waals surface area (Å²) in [6.45, 7) is 3.43. The highest BCUT2D eigenvalue weighted by molar-refractivity contribution is 7.89. The Hall–Kier alpha value is -1.64. The van der Waals surface area contributed by atoms with Gasteiger partial charge in [-0.1, -0.05) is 0 Å². The van der Waals surface area contributed by atoms with Crippen molar-refractivity contribution in [2.75, 3.05) is 7.11 Å². The summed E-state index contributed by atoms with van der Waals surface area (Å²) in [7, 11) is -2.61. The summed E-state index contributed by atoms with van der Waals surface area (Å²) in [4.78, 5) is 11.7. The number of thiophene rings is 1. The van der Waals surface area contributed by atoms with Crippen LogP contribution in [0.1, 0.15) is 26.8 Å². The molecule has 0 saturated heterocycles. The molecule has 0 bridgehead atoms. The molecule has 114 valence electrons. The number of furan rings is 1. The number of hydrogen-bond donors (Lipinski definition) is 1. The normalized spacial score (nSPS) is 11.6. The second kappa shape index (κ2) is 6.00. The van der Waals surface area contributed by atoms with Gasteiger partial charge in [0.15, 0.2) is 0 Å². The molecule has 0 atom stereocenters. The standard InChI is InChI=1S/C13H15NO5S2/c1-8-7-20-11(13(15)18-3)12(8)21(16,17)14-6-10-5-4-9(2)19-10/h4-5,7,14H,6H2,1-3H3. The minimum Gasteiger partial charge on any atom is -0.465 e. The number of methoxy groups -OCH3 is 1. The molecule has 0 unspecified atom stereocenters. The summed E-state index contributed by atoms with van der Waals surface area (Å²) in [5.41, 5.74) is 0.503. The van der Waals surface area contributed by atoms with Crippen molar-refractivity contribution in [2.45, 2.75) is 25.3 Å². The van der Waals surface area contributed by atoms with Gasteiger partial charge in [-0.05, 0) is 36.9 Å². The van der Waals surface area contributed by atoms with Crippen LogP contribution in [-0.2, 0) is 21.3 Å². The van der Waals surface area contributed by atoms with Crippen molar-refractivity contribution in [1.29, 1.82) is 0 Å². The van der Waals surface area contributed by atoms with Crippen molar-refractivity contribution in [1.82, 2.24) is 4.72 Å². The molecule has 8 heteroatoms. The number of rotatable bonds is 5. The summed E-state index contributed by atoms with van der Waals surface area (Å²) in [6.07, 6.45) is 0. The number of aryl methyl sites for hydroxylation is 2. The Balaban J connectivity index is 2.27. The van der Waals surface area contributed by atoms with Crippen LogP contribution in [0.5, 0.6) is 0 Å². The molecule has 2 aromatic heterocycles. The quantitative estimate of drug-likeness (QED) is 0.850. The van der Waals surface area contributed by atoms with E-state index in [1.165, 1.54) is 7.11 Å². The van der Waals surface area contributed by atoms with E-state index in [9.17, 15) is 13.2 Å². The van der Waals surface area contributed by atoms with Gasteiger partial charge in [-0.15, -0.1) is 11.3 Å². The zero-order valence-corrected chi connectivity index (χ0v) is 13.4. The average Bonchev–Trinajstić information content (AvgIpc) is 3.02. The van der Waals surface area contributed by atoms with Gasteiger partial charge in [0.25, 0.3) is 0 Å². The van der Waals surface area contributed by atoms with Gasteiger partial charge < -0.3 is 9.15 Å². The van der Waals surface area contributed by atoms with Crippen molar-refractivity contribution < 1.29 is 22.4 Å². The molecule has 6 nitrogen and oxygen atoms in total. The van der Waals surface area contributed by atoms with Crippen molar-refractivity contribution in [2.24, 2.45) is 0 Å². The molecular formula is C13H15NO5S2. The zero-order valence-electron chi connectivity index (χ0n) is 11.8. The van der Waals surface area contributed by atoms with E-state index in [0.717, 1.165) is 11.3 Å².